The van der Waals surface area contributed by atoms with Crippen LogP contribution in [-0.4, -0.2) is 47.3 Å². The monoisotopic (exact) mass is 266 g/mol. The first-order chi connectivity index (χ1) is 9.09. The second-order valence-electron chi connectivity index (χ2n) is 6.09. The first kappa shape index (κ1) is 14.4. The van der Waals surface area contributed by atoms with Crippen molar-refractivity contribution in [2.24, 2.45) is 5.92 Å². The van der Waals surface area contributed by atoms with E-state index in [1.807, 2.05) is 9.80 Å². The van der Waals surface area contributed by atoms with E-state index in [1.54, 1.807) is 0 Å². The average molecular weight is 266 g/mol. The van der Waals surface area contributed by atoms with Gasteiger partial charge in [-0.15, -0.1) is 0 Å². The van der Waals surface area contributed by atoms with Crippen LogP contribution in [0.25, 0.3) is 0 Å². The molecule has 2 rings (SSSR count). The first-order valence-electron chi connectivity index (χ1n) is 7.68. The van der Waals surface area contributed by atoms with Gasteiger partial charge in [0.05, 0.1) is 0 Å². The number of likely N-dealkylation sites (tertiary alicyclic amines) is 1. The van der Waals surface area contributed by atoms with Gasteiger partial charge >= 0.3 is 0 Å². The summed E-state index contributed by atoms with van der Waals surface area (Å²) in [4.78, 5) is 28.0. The molecule has 0 aromatic heterocycles. The Hall–Kier alpha value is -1.06. The van der Waals surface area contributed by atoms with E-state index in [4.69, 9.17) is 0 Å². The van der Waals surface area contributed by atoms with Crippen molar-refractivity contribution in [3.8, 4) is 0 Å². The molecule has 108 valence electrons. The molecule has 4 heteroatoms. The lowest BCUT2D eigenvalue weighted by molar-refractivity contribution is -0.135. The van der Waals surface area contributed by atoms with E-state index in [2.05, 4.69) is 13.8 Å². The molecular formula is C15H26N2O2. The van der Waals surface area contributed by atoms with Crippen LogP contribution in [0.5, 0.6) is 0 Å². The minimum absolute atomic E-state index is 0.245. The van der Waals surface area contributed by atoms with Gasteiger partial charge in [-0.3, -0.25) is 9.59 Å². The number of hydrogen-bond donors (Lipinski definition) is 0. The summed E-state index contributed by atoms with van der Waals surface area (Å²) in [6.45, 7) is 6.69. The summed E-state index contributed by atoms with van der Waals surface area (Å²) in [6, 6.07) is 0.245. The summed E-state index contributed by atoms with van der Waals surface area (Å²) >= 11 is 0. The molecule has 19 heavy (non-hydrogen) atoms. The molecule has 4 nitrogen and oxygen atoms in total. The van der Waals surface area contributed by atoms with Crippen LogP contribution in [0.1, 0.15) is 52.4 Å². The fourth-order valence-corrected chi connectivity index (χ4v) is 2.71. The topological polar surface area (TPSA) is 40.6 Å². The number of carbonyl (C=O) groups is 2. The van der Waals surface area contributed by atoms with Gasteiger partial charge in [-0.1, -0.05) is 0 Å². The summed E-state index contributed by atoms with van der Waals surface area (Å²) in [5.74, 6) is 0.834. The molecule has 1 aliphatic heterocycles. The fourth-order valence-electron chi connectivity index (χ4n) is 2.71. The molecule has 2 amide bonds. The smallest absolute Gasteiger partial charge is 0.225 e. The van der Waals surface area contributed by atoms with Gasteiger partial charge in [0.1, 0.15) is 0 Å². The van der Waals surface area contributed by atoms with Crippen LogP contribution in [0.2, 0.25) is 0 Å². The van der Waals surface area contributed by atoms with Crippen molar-refractivity contribution in [3.05, 3.63) is 0 Å². The van der Waals surface area contributed by atoms with Gasteiger partial charge in [-0.2, -0.15) is 0 Å². The van der Waals surface area contributed by atoms with Gasteiger partial charge in [0.25, 0.3) is 0 Å². The lowest BCUT2D eigenvalue weighted by Crippen LogP contribution is -2.39. The Labute approximate surface area is 116 Å². The van der Waals surface area contributed by atoms with E-state index < -0.39 is 0 Å². The Kier molecular flexibility index (Phi) is 4.83. The minimum Gasteiger partial charge on any atom is -0.343 e. The Bertz CT molecular complexity index is 331. The molecule has 0 N–H and O–H groups in total. The van der Waals surface area contributed by atoms with Crippen molar-refractivity contribution in [2.75, 3.05) is 19.6 Å². The molecule has 0 atom stereocenters. The highest BCUT2D eigenvalue weighted by atomic mass is 16.2. The number of rotatable bonds is 6. The van der Waals surface area contributed by atoms with Gasteiger partial charge in [-0.05, 0) is 46.0 Å². The quantitative estimate of drug-likeness (QED) is 0.738. The summed E-state index contributed by atoms with van der Waals surface area (Å²) < 4.78 is 0. The molecule has 2 aliphatic rings. The maximum Gasteiger partial charge on any atom is 0.225 e. The molecule has 0 aromatic carbocycles. The van der Waals surface area contributed by atoms with Crippen LogP contribution in [0.3, 0.4) is 0 Å². The van der Waals surface area contributed by atoms with E-state index >= 15 is 0 Å². The van der Waals surface area contributed by atoms with Gasteiger partial charge in [0, 0.05) is 38.0 Å². The molecule has 0 spiro atoms. The number of amides is 2. The van der Waals surface area contributed by atoms with Crippen LogP contribution < -0.4 is 0 Å². The second kappa shape index (κ2) is 6.40. The molecule has 0 radical (unpaired) electrons. The van der Waals surface area contributed by atoms with Crippen molar-refractivity contribution in [1.82, 2.24) is 9.80 Å². The molecule has 1 heterocycles. The molecular weight excluding hydrogens is 240 g/mol. The van der Waals surface area contributed by atoms with E-state index in [9.17, 15) is 9.59 Å². The molecule has 0 aromatic rings. The van der Waals surface area contributed by atoms with Crippen molar-refractivity contribution >= 4 is 11.8 Å². The molecule has 1 aliphatic carbocycles. The Balaban J connectivity index is 1.72. The third-order valence-corrected chi connectivity index (χ3v) is 4.08. The Morgan fingerprint density at radius 3 is 2.37 bits per heavy atom. The normalized spacial score (nSPS) is 19.0. The van der Waals surface area contributed by atoms with E-state index in [0.717, 1.165) is 51.7 Å². The number of hydrogen-bond acceptors (Lipinski definition) is 2. The molecule has 0 unspecified atom stereocenters. The second-order valence-corrected chi connectivity index (χ2v) is 6.09. The van der Waals surface area contributed by atoms with Gasteiger partial charge in [-0.25, -0.2) is 0 Å². The Morgan fingerprint density at radius 2 is 1.84 bits per heavy atom. The van der Waals surface area contributed by atoms with Crippen molar-refractivity contribution in [1.29, 1.82) is 0 Å². The summed E-state index contributed by atoms with van der Waals surface area (Å²) in [6.07, 6.45) is 5.77. The largest absolute Gasteiger partial charge is 0.343 e. The SMILES string of the molecule is CC(C)N(CCCC(=O)N1CCCC1)C(=O)C1CC1. The molecule has 1 saturated carbocycles. The lowest BCUT2D eigenvalue weighted by Gasteiger charge is -2.27. The first-order valence-corrected chi connectivity index (χ1v) is 7.68. The van der Waals surface area contributed by atoms with E-state index in [0.29, 0.717) is 12.3 Å². The predicted molar refractivity (Wildman–Crippen MR) is 74.6 cm³/mol. The van der Waals surface area contributed by atoms with E-state index in [-0.39, 0.29) is 17.9 Å². The van der Waals surface area contributed by atoms with E-state index in [1.165, 1.54) is 0 Å². The molecule has 2 fully saturated rings. The van der Waals surface area contributed by atoms with Crippen molar-refractivity contribution < 1.29 is 9.59 Å². The molecule has 0 bridgehead atoms. The van der Waals surface area contributed by atoms with Crippen LogP contribution in [0.15, 0.2) is 0 Å². The average Bonchev–Trinajstić information content (AvgIpc) is 3.08. The van der Waals surface area contributed by atoms with Crippen LogP contribution in [-0.2, 0) is 9.59 Å². The minimum atomic E-state index is 0.245. The van der Waals surface area contributed by atoms with Gasteiger partial charge in [0.2, 0.25) is 11.8 Å². The highest BCUT2D eigenvalue weighted by Gasteiger charge is 2.34. The van der Waals surface area contributed by atoms with Crippen molar-refractivity contribution in [3.63, 3.8) is 0 Å². The fraction of sp³-hybridized carbons (Fsp3) is 0.867. The van der Waals surface area contributed by atoms with Crippen LogP contribution in [0.4, 0.5) is 0 Å². The number of carbonyl (C=O) groups excluding carboxylic acids is 2. The molecule has 1 saturated heterocycles. The lowest BCUT2D eigenvalue weighted by atomic mass is 10.2. The zero-order chi connectivity index (χ0) is 13.8. The third-order valence-electron chi connectivity index (χ3n) is 4.08. The predicted octanol–water partition coefficient (Wildman–Crippen LogP) is 2.04. The maximum atomic E-state index is 12.1. The third kappa shape index (κ3) is 3.95. The number of nitrogens with zero attached hydrogens (tertiary/aromatic N) is 2. The van der Waals surface area contributed by atoms with Gasteiger partial charge < -0.3 is 9.80 Å². The van der Waals surface area contributed by atoms with Gasteiger partial charge in [0.15, 0.2) is 0 Å². The summed E-state index contributed by atoms with van der Waals surface area (Å²) in [5, 5.41) is 0. The Morgan fingerprint density at radius 1 is 1.21 bits per heavy atom. The summed E-state index contributed by atoms with van der Waals surface area (Å²) in [5.41, 5.74) is 0. The zero-order valence-corrected chi connectivity index (χ0v) is 12.2. The summed E-state index contributed by atoms with van der Waals surface area (Å²) in [7, 11) is 0. The highest BCUT2D eigenvalue weighted by molar-refractivity contribution is 5.81. The van der Waals surface area contributed by atoms with Crippen molar-refractivity contribution in [2.45, 2.75) is 58.4 Å². The maximum absolute atomic E-state index is 12.1. The van der Waals surface area contributed by atoms with Crippen LogP contribution in [0, 0.1) is 5.92 Å². The zero-order valence-electron chi connectivity index (χ0n) is 12.2. The highest BCUT2D eigenvalue weighted by Crippen LogP contribution is 2.31. The van der Waals surface area contributed by atoms with Crippen LogP contribution >= 0.6 is 0 Å². The standard InChI is InChI=1S/C15H26N2O2/c1-12(2)17(15(19)13-7-8-13)11-5-6-14(18)16-9-3-4-10-16/h12-13H,3-11H2,1-2H3.